The van der Waals surface area contributed by atoms with E-state index in [1.54, 1.807) is 42.7 Å². The summed E-state index contributed by atoms with van der Waals surface area (Å²) in [6.45, 7) is 0.935. The van der Waals surface area contributed by atoms with Gasteiger partial charge in [-0.2, -0.15) is 0 Å². The zero-order valence-electron chi connectivity index (χ0n) is 16.2. The number of benzene rings is 1. The van der Waals surface area contributed by atoms with Gasteiger partial charge in [-0.1, -0.05) is 42.2 Å². The van der Waals surface area contributed by atoms with E-state index in [1.807, 2.05) is 18.2 Å². The topological polar surface area (TPSA) is 82.8 Å². The predicted molar refractivity (Wildman–Crippen MR) is 122 cm³/mol. The Labute approximate surface area is 184 Å². The summed E-state index contributed by atoms with van der Waals surface area (Å²) < 4.78 is 5.71. The van der Waals surface area contributed by atoms with Gasteiger partial charge in [-0.15, -0.1) is 0 Å². The van der Waals surface area contributed by atoms with Crippen LogP contribution in [0.4, 0.5) is 0 Å². The van der Waals surface area contributed by atoms with Crippen molar-refractivity contribution in [2.24, 2.45) is 0 Å². The van der Waals surface area contributed by atoms with E-state index in [0.29, 0.717) is 47.3 Å². The first kappa shape index (κ1) is 21.9. The van der Waals surface area contributed by atoms with Gasteiger partial charge in [0.25, 0.3) is 5.91 Å². The van der Waals surface area contributed by atoms with E-state index >= 15 is 0 Å². The highest BCUT2D eigenvalue weighted by atomic mass is 32.2. The number of nitrogens with zero attached hydrogens (tertiary/aromatic N) is 1. The smallest absolute Gasteiger partial charge is 0.266 e. The van der Waals surface area contributed by atoms with Crippen LogP contribution >= 0.6 is 24.0 Å². The number of thioether (sulfide) groups is 1. The van der Waals surface area contributed by atoms with Gasteiger partial charge in [-0.3, -0.25) is 14.5 Å². The zero-order valence-corrected chi connectivity index (χ0v) is 17.9. The number of nitrogens with one attached hydrogen (secondary N) is 1. The van der Waals surface area contributed by atoms with Crippen LogP contribution in [-0.2, 0) is 16.0 Å². The lowest BCUT2D eigenvalue weighted by Crippen LogP contribution is -2.31. The van der Waals surface area contributed by atoms with Crippen molar-refractivity contribution in [1.82, 2.24) is 10.2 Å². The summed E-state index contributed by atoms with van der Waals surface area (Å²) in [5.74, 6) is 0.734. The molecule has 1 fully saturated rings. The number of amides is 2. The van der Waals surface area contributed by atoms with Crippen molar-refractivity contribution in [3.63, 3.8) is 0 Å². The Kier molecular flexibility index (Phi) is 7.87. The number of furan rings is 1. The molecule has 0 bridgehead atoms. The first-order chi connectivity index (χ1) is 14.5. The van der Waals surface area contributed by atoms with Crippen LogP contribution < -0.4 is 5.32 Å². The second kappa shape index (κ2) is 10.8. The van der Waals surface area contributed by atoms with Gasteiger partial charge in [0.05, 0.1) is 11.2 Å². The van der Waals surface area contributed by atoms with Crippen molar-refractivity contribution in [1.29, 1.82) is 0 Å². The minimum absolute atomic E-state index is 0.0591. The lowest BCUT2D eigenvalue weighted by molar-refractivity contribution is -0.124. The fourth-order valence-electron chi connectivity index (χ4n) is 2.82. The highest BCUT2D eigenvalue weighted by Gasteiger charge is 2.31. The van der Waals surface area contributed by atoms with Gasteiger partial charge >= 0.3 is 0 Å². The normalized spacial score (nSPS) is 15.5. The molecule has 0 radical (unpaired) electrons. The number of carbonyl (C=O) groups is 2. The van der Waals surface area contributed by atoms with E-state index in [9.17, 15) is 14.7 Å². The molecule has 6 nitrogen and oxygen atoms in total. The Morgan fingerprint density at radius 1 is 1.27 bits per heavy atom. The molecule has 1 aromatic heterocycles. The van der Waals surface area contributed by atoms with Crippen LogP contribution in [0.2, 0.25) is 0 Å². The molecule has 2 N–H and O–H groups in total. The van der Waals surface area contributed by atoms with Gasteiger partial charge in [0.2, 0.25) is 5.91 Å². The maximum atomic E-state index is 12.5. The summed E-state index contributed by atoms with van der Waals surface area (Å²) in [6, 6.07) is 10.5. The lowest BCUT2D eigenvalue weighted by Gasteiger charge is -2.14. The molecule has 1 aliphatic rings. The Morgan fingerprint density at radius 3 is 2.80 bits per heavy atom. The Hall–Kier alpha value is -2.84. The molecule has 0 saturated carbocycles. The molecule has 0 unspecified atom stereocenters. The number of allylic oxidation sites excluding steroid dienone is 2. The standard InChI is InChI=1S/C22H22N2O4S2/c25-17-10-8-16(9-11-17)12-13-23-20(26)7-2-14-24-21(27)19(30-22(24)29)6-1-4-18-5-3-15-28-18/h1,3-6,8-11,15,25H,2,7,12-14H2,(H,23,26). The monoisotopic (exact) mass is 442 g/mol. The number of hydrogen-bond donors (Lipinski definition) is 2. The number of rotatable bonds is 9. The molecule has 2 heterocycles. The van der Waals surface area contributed by atoms with Crippen molar-refractivity contribution in [3.05, 3.63) is 71.0 Å². The molecule has 30 heavy (non-hydrogen) atoms. The van der Waals surface area contributed by atoms with Gasteiger partial charge in [0.1, 0.15) is 15.8 Å². The highest BCUT2D eigenvalue weighted by Crippen LogP contribution is 2.31. The molecule has 2 amide bonds. The average Bonchev–Trinajstić information content (AvgIpc) is 3.33. The van der Waals surface area contributed by atoms with E-state index in [-0.39, 0.29) is 17.6 Å². The fraction of sp³-hybridized carbons (Fsp3) is 0.227. The summed E-state index contributed by atoms with van der Waals surface area (Å²) in [5, 5.41) is 12.1. The van der Waals surface area contributed by atoms with Crippen molar-refractivity contribution in [2.45, 2.75) is 19.3 Å². The number of aromatic hydroxyl groups is 1. The van der Waals surface area contributed by atoms with Crippen molar-refractivity contribution in [2.75, 3.05) is 13.1 Å². The summed E-state index contributed by atoms with van der Waals surface area (Å²) in [5.41, 5.74) is 1.04. The Balaban J connectivity index is 1.38. The van der Waals surface area contributed by atoms with Crippen molar-refractivity contribution < 1.29 is 19.1 Å². The largest absolute Gasteiger partial charge is 0.508 e. The molecule has 1 saturated heterocycles. The minimum atomic E-state index is -0.137. The maximum absolute atomic E-state index is 12.5. The van der Waals surface area contributed by atoms with Gasteiger partial charge in [0.15, 0.2) is 0 Å². The van der Waals surface area contributed by atoms with E-state index in [2.05, 4.69) is 5.32 Å². The quantitative estimate of drug-likeness (QED) is 0.453. The van der Waals surface area contributed by atoms with Crippen LogP contribution in [0.5, 0.6) is 5.75 Å². The number of phenolic OH excluding ortho intramolecular Hbond substituents is 1. The fourth-order valence-corrected chi connectivity index (χ4v) is 4.08. The molecular weight excluding hydrogens is 420 g/mol. The molecule has 3 rings (SSSR count). The van der Waals surface area contributed by atoms with Crippen LogP contribution in [0, 0.1) is 0 Å². The van der Waals surface area contributed by atoms with Gasteiger partial charge in [0, 0.05) is 19.5 Å². The van der Waals surface area contributed by atoms with Gasteiger partial charge in [-0.05, 0) is 54.8 Å². The Bertz CT molecular complexity index is 950. The predicted octanol–water partition coefficient (Wildman–Crippen LogP) is 3.88. The zero-order chi connectivity index (χ0) is 21.3. The first-order valence-electron chi connectivity index (χ1n) is 9.53. The van der Waals surface area contributed by atoms with E-state index < -0.39 is 0 Å². The average molecular weight is 443 g/mol. The summed E-state index contributed by atoms with van der Waals surface area (Å²) in [4.78, 5) is 26.6. The third-order valence-corrected chi connectivity index (χ3v) is 5.78. The van der Waals surface area contributed by atoms with E-state index in [0.717, 1.165) is 5.56 Å². The molecule has 1 aliphatic heterocycles. The SMILES string of the molecule is O=C(CCCN1C(=O)C(=CC=Cc2ccco2)SC1=S)NCCc1ccc(O)cc1. The molecule has 1 aromatic carbocycles. The second-order valence-corrected chi connectivity index (χ2v) is 8.28. The molecule has 8 heteroatoms. The van der Waals surface area contributed by atoms with E-state index in [4.69, 9.17) is 16.6 Å². The van der Waals surface area contributed by atoms with Crippen LogP contribution in [0.25, 0.3) is 6.08 Å². The second-order valence-electron chi connectivity index (χ2n) is 6.60. The minimum Gasteiger partial charge on any atom is -0.508 e. The summed E-state index contributed by atoms with van der Waals surface area (Å²) in [6.07, 6.45) is 8.39. The van der Waals surface area contributed by atoms with Crippen molar-refractivity contribution in [3.8, 4) is 5.75 Å². The van der Waals surface area contributed by atoms with Crippen LogP contribution in [0.3, 0.4) is 0 Å². The van der Waals surface area contributed by atoms with Gasteiger partial charge < -0.3 is 14.8 Å². The maximum Gasteiger partial charge on any atom is 0.266 e. The third-order valence-electron chi connectivity index (χ3n) is 4.38. The van der Waals surface area contributed by atoms with E-state index in [1.165, 1.54) is 16.7 Å². The van der Waals surface area contributed by atoms with Crippen LogP contribution in [0.1, 0.15) is 24.2 Å². The Morgan fingerprint density at radius 2 is 2.07 bits per heavy atom. The summed E-state index contributed by atoms with van der Waals surface area (Å²) >= 11 is 6.56. The first-order valence-corrected chi connectivity index (χ1v) is 10.8. The molecule has 0 atom stereocenters. The summed E-state index contributed by atoms with van der Waals surface area (Å²) in [7, 11) is 0. The molecule has 0 spiro atoms. The number of phenols is 1. The number of thiocarbonyl (C=S) groups is 1. The van der Waals surface area contributed by atoms with Crippen LogP contribution in [-0.4, -0.2) is 39.2 Å². The van der Waals surface area contributed by atoms with Crippen LogP contribution in [0.15, 0.2) is 64.1 Å². The molecule has 2 aromatic rings. The number of carbonyl (C=O) groups excluding carboxylic acids is 2. The number of hydrogen-bond acceptors (Lipinski definition) is 6. The van der Waals surface area contributed by atoms with Crippen molar-refractivity contribution >= 4 is 46.2 Å². The highest BCUT2D eigenvalue weighted by molar-refractivity contribution is 8.26. The molecule has 0 aliphatic carbocycles. The van der Waals surface area contributed by atoms with Gasteiger partial charge in [-0.25, -0.2) is 0 Å². The molecule has 156 valence electrons. The lowest BCUT2D eigenvalue weighted by atomic mass is 10.1. The third kappa shape index (κ3) is 6.33. The molecular formula is C22H22N2O4S2.